The number of hydrogen-bond acceptors (Lipinski definition) is 4. The first-order valence-corrected chi connectivity index (χ1v) is 7.34. The Morgan fingerprint density at radius 2 is 2.10 bits per heavy atom. The van der Waals surface area contributed by atoms with Gasteiger partial charge in [0.2, 0.25) is 5.91 Å². The van der Waals surface area contributed by atoms with Crippen LogP contribution in [0.2, 0.25) is 0 Å². The minimum Gasteiger partial charge on any atom is -0.395 e. The highest BCUT2D eigenvalue weighted by Gasteiger charge is 2.31. The number of nitrogens with zero attached hydrogens (tertiary/aromatic N) is 5. The average molecular weight is 281 g/mol. The van der Waals surface area contributed by atoms with E-state index in [1.807, 2.05) is 4.90 Å². The van der Waals surface area contributed by atoms with Gasteiger partial charge in [-0.1, -0.05) is 5.11 Å². The summed E-state index contributed by atoms with van der Waals surface area (Å²) < 4.78 is 0. The van der Waals surface area contributed by atoms with E-state index in [4.69, 9.17) is 10.6 Å². The number of carbonyl (C=O) groups excluding carboxylic acids is 1. The third kappa shape index (κ3) is 4.10. The highest BCUT2D eigenvalue weighted by Crippen LogP contribution is 2.23. The van der Waals surface area contributed by atoms with E-state index in [1.54, 1.807) is 0 Å². The van der Waals surface area contributed by atoms with E-state index in [0.717, 1.165) is 45.6 Å². The number of likely N-dealkylation sites (tertiary alicyclic amines) is 2. The summed E-state index contributed by atoms with van der Waals surface area (Å²) in [7, 11) is 0. The molecule has 0 saturated carbocycles. The van der Waals surface area contributed by atoms with Crippen LogP contribution in [-0.2, 0) is 4.79 Å². The molecule has 1 atom stereocenters. The fourth-order valence-electron chi connectivity index (χ4n) is 3.15. The first-order chi connectivity index (χ1) is 9.72. The standard InChI is InChI=1S/C13H23N5O2/c14-16-15-8-12-7-13(20)18(10-12)9-11-1-3-17(4-2-11)5-6-19/h11-12,19H,1-10H2. The van der Waals surface area contributed by atoms with Crippen LogP contribution in [-0.4, -0.2) is 66.7 Å². The monoisotopic (exact) mass is 281 g/mol. The smallest absolute Gasteiger partial charge is 0.222 e. The number of piperidine rings is 1. The van der Waals surface area contributed by atoms with Gasteiger partial charge in [-0.15, -0.1) is 0 Å². The van der Waals surface area contributed by atoms with Crippen molar-refractivity contribution < 1.29 is 9.90 Å². The Labute approximate surface area is 119 Å². The molecule has 0 aromatic carbocycles. The Hall–Kier alpha value is -1.30. The van der Waals surface area contributed by atoms with Crippen LogP contribution >= 0.6 is 0 Å². The fourth-order valence-corrected chi connectivity index (χ4v) is 3.15. The van der Waals surface area contributed by atoms with Crippen LogP contribution < -0.4 is 0 Å². The molecule has 2 aliphatic heterocycles. The summed E-state index contributed by atoms with van der Waals surface area (Å²) in [6.45, 7) is 4.98. The van der Waals surface area contributed by atoms with Gasteiger partial charge in [0.15, 0.2) is 0 Å². The maximum absolute atomic E-state index is 11.9. The second-order valence-electron chi connectivity index (χ2n) is 5.79. The van der Waals surface area contributed by atoms with Crippen molar-refractivity contribution >= 4 is 5.91 Å². The number of amides is 1. The lowest BCUT2D eigenvalue weighted by Crippen LogP contribution is -2.40. The molecule has 1 unspecified atom stereocenters. The van der Waals surface area contributed by atoms with E-state index >= 15 is 0 Å². The Morgan fingerprint density at radius 1 is 1.35 bits per heavy atom. The maximum Gasteiger partial charge on any atom is 0.222 e. The summed E-state index contributed by atoms with van der Waals surface area (Å²) in [5.41, 5.74) is 8.33. The topological polar surface area (TPSA) is 92.5 Å². The third-order valence-corrected chi connectivity index (χ3v) is 4.30. The quantitative estimate of drug-likeness (QED) is 0.444. The van der Waals surface area contributed by atoms with E-state index in [0.29, 0.717) is 18.9 Å². The van der Waals surface area contributed by atoms with Gasteiger partial charge >= 0.3 is 0 Å². The van der Waals surface area contributed by atoms with Crippen LogP contribution in [0.3, 0.4) is 0 Å². The summed E-state index contributed by atoms with van der Waals surface area (Å²) in [5.74, 6) is 0.945. The summed E-state index contributed by atoms with van der Waals surface area (Å²) in [6, 6.07) is 0. The predicted molar refractivity (Wildman–Crippen MR) is 74.9 cm³/mol. The van der Waals surface area contributed by atoms with Gasteiger partial charge in [-0.2, -0.15) is 0 Å². The van der Waals surface area contributed by atoms with Gasteiger partial charge in [-0.3, -0.25) is 4.79 Å². The van der Waals surface area contributed by atoms with Crippen molar-refractivity contribution in [1.29, 1.82) is 0 Å². The van der Waals surface area contributed by atoms with E-state index in [2.05, 4.69) is 14.9 Å². The number of hydrogen-bond donors (Lipinski definition) is 1. The molecule has 1 N–H and O–H groups in total. The zero-order valence-electron chi connectivity index (χ0n) is 11.8. The Kier molecular flexibility index (Phi) is 5.64. The maximum atomic E-state index is 11.9. The lowest BCUT2D eigenvalue weighted by molar-refractivity contribution is -0.128. The highest BCUT2D eigenvalue weighted by molar-refractivity contribution is 5.78. The van der Waals surface area contributed by atoms with Crippen LogP contribution in [0.1, 0.15) is 19.3 Å². The molecule has 2 fully saturated rings. The van der Waals surface area contributed by atoms with Gasteiger partial charge < -0.3 is 14.9 Å². The predicted octanol–water partition coefficient (Wildman–Crippen LogP) is 0.849. The molecule has 0 bridgehead atoms. The number of aliphatic hydroxyl groups excluding tert-OH is 1. The molecule has 7 nitrogen and oxygen atoms in total. The fraction of sp³-hybridized carbons (Fsp3) is 0.923. The molecule has 112 valence electrons. The minimum atomic E-state index is 0.188. The molecule has 2 saturated heterocycles. The number of azide groups is 1. The molecule has 2 aliphatic rings. The summed E-state index contributed by atoms with van der Waals surface area (Å²) in [5, 5.41) is 12.5. The molecule has 20 heavy (non-hydrogen) atoms. The molecule has 0 spiro atoms. The average Bonchev–Trinajstić information content (AvgIpc) is 2.79. The molecule has 2 heterocycles. The number of β-amino-alcohol motifs (C(OH)–C–C–N with tert-alkyl or cyclic N) is 1. The SMILES string of the molecule is [N-]=[N+]=NCC1CC(=O)N(CC2CCN(CCO)CC2)C1. The second-order valence-corrected chi connectivity index (χ2v) is 5.79. The molecule has 0 radical (unpaired) electrons. The van der Waals surface area contributed by atoms with Crippen molar-refractivity contribution in [1.82, 2.24) is 9.80 Å². The van der Waals surface area contributed by atoms with Crippen LogP contribution in [0.5, 0.6) is 0 Å². The normalized spacial score (nSPS) is 24.9. The van der Waals surface area contributed by atoms with Crippen molar-refractivity contribution in [3.8, 4) is 0 Å². The first kappa shape index (κ1) is 15.1. The zero-order valence-corrected chi connectivity index (χ0v) is 11.8. The zero-order chi connectivity index (χ0) is 14.4. The van der Waals surface area contributed by atoms with Crippen molar-refractivity contribution in [2.45, 2.75) is 19.3 Å². The van der Waals surface area contributed by atoms with Crippen molar-refractivity contribution in [2.24, 2.45) is 17.0 Å². The van der Waals surface area contributed by atoms with Gasteiger partial charge in [0, 0.05) is 37.5 Å². The number of rotatable bonds is 6. The molecule has 0 aliphatic carbocycles. The van der Waals surface area contributed by atoms with E-state index in [9.17, 15) is 4.79 Å². The Morgan fingerprint density at radius 3 is 2.75 bits per heavy atom. The lowest BCUT2D eigenvalue weighted by atomic mass is 9.96. The van der Waals surface area contributed by atoms with Gasteiger partial charge in [0.05, 0.1) is 6.61 Å². The van der Waals surface area contributed by atoms with Crippen molar-refractivity contribution in [3.05, 3.63) is 10.4 Å². The van der Waals surface area contributed by atoms with Crippen molar-refractivity contribution in [3.63, 3.8) is 0 Å². The molecule has 2 rings (SSSR count). The van der Waals surface area contributed by atoms with Crippen LogP contribution in [0.4, 0.5) is 0 Å². The molecular weight excluding hydrogens is 258 g/mol. The van der Waals surface area contributed by atoms with Crippen LogP contribution in [0.25, 0.3) is 10.4 Å². The largest absolute Gasteiger partial charge is 0.395 e. The Bertz CT molecular complexity index is 375. The lowest BCUT2D eigenvalue weighted by Gasteiger charge is -2.33. The van der Waals surface area contributed by atoms with E-state index < -0.39 is 0 Å². The summed E-state index contributed by atoms with van der Waals surface area (Å²) in [6.07, 6.45) is 2.69. The highest BCUT2D eigenvalue weighted by atomic mass is 16.3. The third-order valence-electron chi connectivity index (χ3n) is 4.30. The minimum absolute atomic E-state index is 0.188. The van der Waals surface area contributed by atoms with Crippen LogP contribution in [0.15, 0.2) is 5.11 Å². The number of carbonyl (C=O) groups is 1. The van der Waals surface area contributed by atoms with Crippen LogP contribution in [0, 0.1) is 11.8 Å². The molecule has 0 aromatic rings. The molecular formula is C13H23N5O2. The number of aliphatic hydroxyl groups is 1. The van der Waals surface area contributed by atoms with Gasteiger partial charge in [-0.05, 0) is 43.3 Å². The molecule has 7 heteroatoms. The van der Waals surface area contributed by atoms with E-state index in [1.165, 1.54) is 0 Å². The first-order valence-electron chi connectivity index (χ1n) is 7.34. The Balaban J connectivity index is 1.74. The summed E-state index contributed by atoms with van der Waals surface area (Å²) >= 11 is 0. The molecule has 1 amide bonds. The van der Waals surface area contributed by atoms with Gasteiger partial charge in [0.1, 0.15) is 0 Å². The summed E-state index contributed by atoms with van der Waals surface area (Å²) in [4.78, 5) is 18.9. The van der Waals surface area contributed by atoms with E-state index in [-0.39, 0.29) is 18.4 Å². The van der Waals surface area contributed by atoms with Gasteiger partial charge in [0.25, 0.3) is 0 Å². The van der Waals surface area contributed by atoms with Gasteiger partial charge in [-0.25, -0.2) is 0 Å². The molecule has 0 aromatic heterocycles. The van der Waals surface area contributed by atoms with Crippen molar-refractivity contribution in [2.75, 3.05) is 45.9 Å². The second kappa shape index (κ2) is 7.47.